The van der Waals surface area contributed by atoms with E-state index in [0.717, 1.165) is 0 Å². The number of nitrogens with zero attached hydrogens (tertiary/aromatic N) is 1. The number of nitrogen functional groups attached to an aromatic ring is 1. The quantitative estimate of drug-likeness (QED) is 0.690. The Kier molecular flexibility index (Phi) is 3.28. The maximum Gasteiger partial charge on any atom is 0.326 e. The normalized spacial score (nSPS) is 9.79. The van der Waals surface area contributed by atoms with E-state index < -0.39 is 5.97 Å². The summed E-state index contributed by atoms with van der Waals surface area (Å²) in [7, 11) is 0. The van der Waals surface area contributed by atoms with Crippen LogP contribution in [-0.2, 0) is 16.1 Å². The SMILES string of the molecule is CCOC(=O)Cn1cccc(N)c1=O. The highest BCUT2D eigenvalue weighted by Gasteiger charge is 2.05. The van der Waals surface area contributed by atoms with E-state index in [1.807, 2.05) is 0 Å². The van der Waals surface area contributed by atoms with Gasteiger partial charge in [-0.05, 0) is 19.1 Å². The van der Waals surface area contributed by atoms with Crippen molar-refractivity contribution < 1.29 is 9.53 Å². The van der Waals surface area contributed by atoms with Crippen LogP contribution in [-0.4, -0.2) is 17.1 Å². The highest BCUT2D eigenvalue weighted by Crippen LogP contribution is 1.92. The number of ether oxygens (including phenoxy) is 1. The van der Waals surface area contributed by atoms with Crippen LogP contribution in [0, 0.1) is 0 Å². The second-order valence-electron chi connectivity index (χ2n) is 2.70. The molecule has 0 aliphatic carbocycles. The molecule has 0 saturated carbocycles. The second kappa shape index (κ2) is 4.45. The van der Waals surface area contributed by atoms with E-state index in [9.17, 15) is 9.59 Å². The van der Waals surface area contributed by atoms with E-state index in [0.29, 0.717) is 6.61 Å². The van der Waals surface area contributed by atoms with Crippen LogP contribution in [0.15, 0.2) is 23.1 Å². The molecule has 0 aliphatic heterocycles. The molecular formula is C9H12N2O3. The molecule has 1 heterocycles. The van der Waals surface area contributed by atoms with E-state index in [1.165, 1.54) is 16.8 Å². The zero-order valence-corrected chi connectivity index (χ0v) is 7.90. The Balaban J connectivity index is 2.82. The molecule has 0 unspecified atom stereocenters. The average Bonchev–Trinajstić information content (AvgIpc) is 2.13. The van der Waals surface area contributed by atoms with E-state index in [1.54, 1.807) is 13.0 Å². The lowest BCUT2D eigenvalue weighted by Crippen LogP contribution is -2.26. The van der Waals surface area contributed by atoms with E-state index in [-0.39, 0.29) is 17.8 Å². The summed E-state index contributed by atoms with van der Waals surface area (Å²) in [6.07, 6.45) is 1.50. The minimum absolute atomic E-state index is 0.0995. The fraction of sp³-hybridized carbons (Fsp3) is 0.333. The number of esters is 1. The Morgan fingerprint density at radius 2 is 2.36 bits per heavy atom. The maximum absolute atomic E-state index is 11.3. The number of anilines is 1. The van der Waals surface area contributed by atoms with Crippen LogP contribution in [0.1, 0.15) is 6.92 Å². The van der Waals surface area contributed by atoms with Gasteiger partial charge < -0.3 is 15.0 Å². The van der Waals surface area contributed by atoms with Crippen molar-refractivity contribution in [2.75, 3.05) is 12.3 Å². The third kappa shape index (κ3) is 2.35. The predicted octanol–water partition coefficient (Wildman–Crippen LogP) is -0.00640. The van der Waals surface area contributed by atoms with Crippen molar-refractivity contribution in [1.29, 1.82) is 0 Å². The molecule has 0 spiro atoms. The average molecular weight is 196 g/mol. The van der Waals surface area contributed by atoms with Crippen LogP contribution in [0.25, 0.3) is 0 Å². The second-order valence-corrected chi connectivity index (χ2v) is 2.70. The van der Waals surface area contributed by atoms with Gasteiger partial charge in [0.25, 0.3) is 5.56 Å². The highest BCUT2D eigenvalue weighted by atomic mass is 16.5. The lowest BCUT2D eigenvalue weighted by Gasteiger charge is -2.05. The number of pyridine rings is 1. The van der Waals surface area contributed by atoms with Crippen molar-refractivity contribution in [2.24, 2.45) is 0 Å². The van der Waals surface area contributed by atoms with Crippen LogP contribution >= 0.6 is 0 Å². The minimum Gasteiger partial charge on any atom is -0.465 e. The first kappa shape index (κ1) is 10.3. The van der Waals surface area contributed by atoms with E-state index in [4.69, 9.17) is 10.5 Å². The van der Waals surface area contributed by atoms with Gasteiger partial charge in [-0.1, -0.05) is 0 Å². The summed E-state index contributed by atoms with van der Waals surface area (Å²) in [5.74, 6) is -0.444. The Bertz CT molecular complexity index is 384. The highest BCUT2D eigenvalue weighted by molar-refractivity contribution is 5.69. The van der Waals surface area contributed by atoms with Gasteiger partial charge in [0.15, 0.2) is 0 Å². The van der Waals surface area contributed by atoms with Gasteiger partial charge in [-0.15, -0.1) is 0 Å². The van der Waals surface area contributed by atoms with Crippen LogP contribution in [0.4, 0.5) is 5.69 Å². The smallest absolute Gasteiger partial charge is 0.326 e. The number of nitrogens with two attached hydrogens (primary N) is 1. The summed E-state index contributed by atoms with van der Waals surface area (Å²) in [4.78, 5) is 22.4. The third-order valence-electron chi connectivity index (χ3n) is 1.65. The van der Waals surface area contributed by atoms with Crippen molar-refractivity contribution in [2.45, 2.75) is 13.5 Å². The van der Waals surface area contributed by atoms with Crippen molar-refractivity contribution in [3.8, 4) is 0 Å². The van der Waals surface area contributed by atoms with Crippen molar-refractivity contribution >= 4 is 11.7 Å². The molecule has 14 heavy (non-hydrogen) atoms. The number of hydrogen-bond donors (Lipinski definition) is 1. The molecule has 0 atom stereocenters. The number of aromatic nitrogens is 1. The molecule has 0 amide bonds. The lowest BCUT2D eigenvalue weighted by molar-refractivity contribution is -0.143. The van der Waals surface area contributed by atoms with Gasteiger partial charge in [0.1, 0.15) is 6.54 Å². The minimum atomic E-state index is -0.444. The molecule has 0 saturated heterocycles. The number of carbonyl (C=O) groups is 1. The van der Waals surface area contributed by atoms with Gasteiger partial charge in [-0.25, -0.2) is 0 Å². The van der Waals surface area contributed by atoms with Crippen molar-refractivity contribution in [3.63, 3.8) is 0 Å². The summed E-state index contributed by atoms with van der Waals surface area (Å²) in [6, 6.07) is 3.10. The molecule has 0 aromatic carbocycles. The Hall–Kier alpha value is -1.78. The molecule has 1 rings (SSSR count). The Morgan fingerprint density at radius 1 is 1.64 bits per heavy atom. The number of carbonyl (C=O) groups excluding carboxylic acids is 1. The summed E-state index contributed by atoms with van der Waals surface area (Å²) in [6.45, 7) is 1.91. The fourth-order valence-corrected chi connectivity index (χ4v) is 1.03. The first-order chi connectivity index (χ1) is 6.65. The topological polar surface area (TPSA) is 74.3 Å². The molecule has 1 aromatic heterocycles. The van der Waals surface area contributed by atoms with Crippen LogP contribution < -0.4 is 11.3 Å². The summed E-state index contributed by atoms with van der Waals surface area (Å²) < 4.78 is 5.92. The molecule has 0 fully saturated rings. The van der Waals surface area contributed by atoms with Gasteiger partial charge in [0, 0.05) is 6.20 Å². The van der Waals surface area contributed by atoms with Gasteiger partial charge in [-0.3, -0.25) is 9.59 Å². The van der Waals surface area contributed by atoms with E-state index in [2.05, 4.69) is 0 Å². The largest absolute Gasteiger partial charge is 0.465 e. The molecule has 0 aliphatic rings. The zero-order chi connectivity index (χ0) is 10.6. The molecule has 2 N–H and O–H groups in total. The summed E-state index contributed by atoms with van der Waals surface area (Å²) >= 11 is 0. The van der Waals surface area contributed by atoms with Crippen molar-refractivity contribution in [1.82, 2.24) is 4.57 Å². The summed E-state index contributed by atoms with van der Waals surface area (Å²) in [5.41, 5.74) is 5.13. The molecular weight excluding hydrogens is 184 g/mol. The first-order valence-electron chi connectivity index (χ1n) is 4.25. The molecule has 0 radical (unpaired) electrons. The fourth-order valence-electron chi connectivity index (χ4n) is 1.03. The van der Waals surface area contributed by atoms with Crippen LogP contribution in [0.5, 0.6) is 0 Å². The van der Waals surface area contributed by atoms with Crippen LogP contribution in [0.2, 0.25) is 0 Å². The Labute approximate surface area is 81.1 Å². The number of rotatable bonds is 3. The lowest BCUT2D eigenvalue weighted by atomic mass is 10.4. The van der Waals surface area contributed by atoms with Gasteiger partial charge in [-0.2, -0.15) is 0 Å². The Morgan fingerprint density at radius 3 is 3.00 bits per heavy atom. The molecule has 76 valence electrons. The standard InChI is InChI=1S/C9H12N2O3/c1-2-14-8(12)6-11-5-3-4-7(10)9(11)13/h3-5H,2,6,10H2,1H3. The molecule has 1 aromatic rings. The third-order valence-corrected chi connectivity index (χ3v) is 1.65. The van der Waals surface area contributed by atoms with Gasteiger partial charge >= 0.3 is 5.97 Å². The number of hydrogen-bond acceptors (Lipinski definition) is 4. The molecule has 5 nitrogen and oxygen atoms in total. The van der Waals surface area contributed by atoms with Crippen molar-refractivity contribution in [3.05, 3.63) is 28.7 Å². The van der Waals surface area contributed by atoms with E-state index >= 15 is 0 Å². The summed E-state index contributed by atoms with van der Waals surface area (Å²) in [5, 5.41) is 0. The monoisotopic (exact) mass is 196 g/mol. The molecule has 5 heteroatoms. The maximum atomic E-state index is 11.3. The first-order valence-corrected chi connectivity index (χ1v) is 4.25. The zero-order valence-electron chi connectivity index (χ0n) is 7.90. The molecule has 0 bridgehead atoms. The van der Waals surface area contributed by atoms with Crippen LogP contribution in [0.3, 0.4) is 0 Å². The van der Waals surface area contributed by atoms with Gasteiger partial charge in [0.05, 0.1) is 12.3 Å². The predicted molar refractivity (Wildman–Crippen MR) is 51.7 cm³/mol. The van der Waals surface area contributed by atoms with Gasteiger partial charge in [0.2, 0.25) is 0 Å².